The molecule has 1 aliphatic heterocycles. The molecule has 0 aromatic carbocycles. The van der Waals surface area contributed by atoms with Gasteiger partial charge in [-0.2, -0.15) is 0 Å². The van der Waals surface area contributed by atoms with Gasteiger partial charge in [0.05, 0.1) is 18.0 Å². The van der Waals surface area contributed by atoms with Crippen LogP contribution in [0.1, 0.15) is 48.8 Å². The van der Waals surface area contributed by atoms with Gasteiger partial charge in [0.15, 0.2) is 0 Å². The van der Waals surface area contributed by atoms with Gasteiger partial charge < -0.3 is 10.6 Å². The maximum Gasteiger partial charge on any atom is 0.222 e. The van der Waals surface area contributed by atoms with Crippen molar-refractivity contribution in [2.45, 2.75) is 45.6 Å². The summed E-state index contributed by atoms with van der Waals surface area (Å²) in [5.74, 6) is 6.94. The Balaban J connectivity index is 1.95. The predicted octanol–water partition coefficient (Wildman–Crippen LogP) is 2.99. The fourth-order valence-electron chi connectivity index (χ4n) is 2.81. The molecule has 4 heteroatoms. The summed E-state index contributed by atoms with van der Waals surface area (Å²) in [5.41, 5.74) is 5.38. The molecule has 2 N–H and O–H groups in total. The molecule has 1 unspecified atom stereocenters. The van der Waals surface area contributed by atoms with E-state index >= 15 is 0 Å². The topological polar surface area (TPSA) is 46.3 Å². The number of thiophene rings is 1. The maximum atomic E-state index is 12.2. The molecule has 2 heterocycles. The molecule has 2 rings (SSSR count). The highest BCUT2D eigenvalue weighted by molar-refractivity contribution is 7.12. The van der Waals surface area contributed by atoms with Gasteiger partial charge in [0, 0.05) is 17.8 Å². The smallest absolute Gasteiger partial charge is 0.222 e. The van der Waals surface area contributed by atoms with E-state index in [0.717, 1.165) is 36.7 Å². The van der Waals surface area contributed by atoms with E-state index in [-0.39, 0.29) is 0 Å². The van der Waals surface area contributed by atoms with Crippen molar-refractivity contribution in [1.82, 2.24) is 4.90 Å². The number of amides is 1. The third-order valence-electron chi connectivity index (χ3n) is 3.95. The summed E-state index contributed by atoms with van der Waals surface area (Å²) in [5, 5.41) is 0. The third kappa shape index (κ3) is 4.87. The van der Waals surface area contributed by atoms with Crippen LogP contribution < -0.4 is 5.73 Å². The normalized spacial score (nSPS) is 19.0. The third-order valence-corrected chi connectivity index (χ3v) is 4.93. The van der Waals surface area contributed by atoms with Crippen molar-refractivity contribution in [3.8, 4) is 11.8 Å². The van der Waals surface area contributed by atoms with Crippen LogP contribution in [-0.4, -0.2) is 23.9 Å². The van der Waals surface area contributed by atoms with Crippen LogP contribution in [0.5, 0.6) is 0 Å². The molecule has 1 aromatic rings. The monoisotopic (exact) mass is 304 g/mol. The van der Waals surface area contributed by atoms with Gasteiger partial charge in [0.2, 0.25) is 5.91 Å². The highest BCUT2D eigenvalue weighted by Gasteiger charge is 2.22. The minimum Gasteiger partial charge on any atom is -0.338 e. The maximum absolute atomic E-state index is 12.2. The lowest BCUT2D eigenvalue weighted by Gasteiger charge is -2.20. The van der Waals surface area contributed by atoms with Crippen LogP contribution in [0.2, 0.25) is 0 Å². The molecule has 3 nitrogen and oxygen atoms in total. The van der Waals surface area contributed by atoms with Crippen LogP contribution in [0.4, 0.5) is 0 Å². The van der Waals surface area contributed by atoms with Crippen molar-refractivity contribution in [3.05, 3.63) is 21.9 Å². The van der Waals surface area contributed by atoms with E-state index in [4.69, 9.17) is 5.73 Å². The molecule has 0 spiro atoms. The first kappa shape index (κ1) is 16.1. The number of hydrogen-bond donors (Lipinski definition) is 1. The number of nitrogens with zero attached hydrogens (tertiary/aromatic N) is 1. The zero-order chi connectivity index (χ0) is 15.1. The molecule has 0 saturated carbocycles. The molecule has 1 atom stereocenters. The van der Waals surface area contributed by atoms with Crippen LogP contribution in [0.3, 0.4) is 0 Å². The minimum atomic E-state index is 0.302. The molecule has 1 amide bonds. The van der Waals surface area contributed by atoms with Crippen molar-refractivity contribution in [3.63, 3.8) is 0 Å². The van der Waals surface area contributed by atoms with Crippen molar-refractivity contribution >= 4 is 17.2 Å². The molecular formula is C17H24N2OS. The Morgan fingerprint density at radius 1 is 1.43 bits per heavy atom. The van der Waals surface area contributed by atoms with Crippen LogP contribution in [-0.2, 0) is 11.3 Å². The second-order valence-corrected chi connectivity index (χ2v) is 6.74. The number of hydrogen-bond acceptors (Lipinski definition) is 3. The van der Waals surface area contributed by atoms with E-state index in [2.05, 4.69) is 24.8 Å². The van der Waals surface area contributed by atoms with Crippen molar-refractivity contribution in [1.29, 1.82) is 0 Å². The van der Waals surface area contributed by atoms with Gasteiger partial charge in [-0.15, -0.1) is 11.3 Å². The molecule has 0 aliphatic carbocycles. The van der Waals surface area contributed by atoms with Crippen molar-refractivity contribution in [2.24, 2.45) is 11.7 Å². The molecule has 1 fully saturated rings. The van der Waals surface area contributed by atoms with Gasteiger partial charge >= 0.3 is 0 Å². The first-order chi connectivity index (χ1) is 10.2. The van der Waals surface area contributed by atoms with Gasteiger partial charge in [0.1, 0.15) is 0 Å². The van der Waals surface area contributed by atoms with E-state index < -0.39 is 0 Å². The first-order valence-electron chi connectivity index (χ1n) is 7.78. The van der Waals surface area contributed by atoms with E-state index in [1.165, 1.54) is 17.7 Å². The van der Waals surface area contributed by atoms with Crippen molar-refractivity contribution < 1.29 is 4.79 Å². The van der Waals surface area contributed by atoms with Crippen LogP contribution in [0.25, 0.3) is 0 Å². The van der Waals surface area contributed by atoms with Crippen LogP contribution in [0, 0.1) is 17.8 Å². The summed E-state index contributed by atoms with van der Waals surface area (Å²) >= 11 is 1.66. The SMILES string of the molecule is CCCC1CCC(=O)N(Cc2ccc(C#CCN)s2)CC1. The lowest BCUT2D eigenvalue weighted by molar-refractivity contribution is -0.131. The van der Waals surface area contributed by atoms with Gasteiger partial charge in [-0.3, -0.25) is 4.79 Å². The standard InChI is InChI=1S/C17H24N2OS/c1-2-4-14-6-9-17(20)19(12-10-14)13-16-8-7-15(21-16)5-3-11-18/h7-8,14H,2,4,6,9-13,18H2,1H3. The summed E-state index contributed by atoms with van der Waals surface area (Å²) in [7, 11) is 0. The van der Waals surface area contributed by atoms with Gasteiger partial charge in [-0.25, -0.2) is 0 Å². The molecule has 1 saturated heterocycles. The second kappa shape index (κ2) is 8.21. The molecule has 114 valence electrons. The Hall–Kier alpha value is -1.31. The molecule has 1 aromatic heterocycles. The summed E-state index contributed by atoms with van der Waals surface area (Å²) in [4.78, 5) is 16.5. The lowest BCUT2D eigenvalue weighted by atomic mass is 9.96. The van der Waals surface area contributed by atoms with E-state index in [9.17, 15) is 4.79 Å². The number of carbonyl (C=O) groups excluding carboxylic acids is 1. The lowest BCUT2D eigenvalue weighted by Crippen LogP contribution is -2.29. The first-order valence-corrected chi connectivity index (χ1v) is 8.60. The summed E-state index contributed by atoms with van der Waals surface area (Å²) in [6.07, 6.45) is 5.37. The molecule has 0 bridgehead atoms. The summed E-state index contributed by atoms with van der Waals surface area (Å²) in [6, 6.07) is 4.09. The van der Waals surface area contributed by atoms with Crippen molar-refractivity contribution in [2.75, 3.05) is 13.1 Å². The highest BCUT2D eigenvalue weighted by atomic mass is 32.1. The Labute approximate surface area is 131 Å². The number of rotatable bonds is 4. The van der Waals surface area contributed by atoms with E-state index in [0.29, 0.717) is 18.9 Å². The Bertz CT molecular complexity index is 526. The highest BCUT2D eigenvalue weighted by Crippen LogP contribution is 2.25. The average Bonchev–Trinajstić information content (AvgIpc) is 2.86. The number of nitrogens with two attached hydrogens (primary N) is 1. The van der Waals surface area contributed by atoms with Gasteiger partial charge in [-0.05, 0) is 30.9 Å². The average molecular weight is 304 g/mol. The largest absolute Gasteiger partial charge is 0.338 e. The second-order valence-electron chi connectivity index (χ2n) is 5.57. The predicted molar refractivity (Wildman–Crippen MR) is 87.9 cm³/mol. The molecule has 21 heavy (non-hydrogen) atoms. The molecular weight excluding hydrogens is 280 g/mol. The summed E-state index contributed by atoms with van der Waals surface area (Å²) < 4.78 is 0. The fourth-order valence-corrected chi connectivity index (χ4v) is 3.71. The zero-order valence-electron chi connectivity index (χ0n) is 12.7. The number of carbonyl (C=O) groups is 1. The molecule has 1 aliphatic rings. The quantitative estimate of drug-likeness (QED) is 0.869. The van der Waals surface area contributed by atoms with E-state index in [1.807, 2.05) is 11.0 Å². The summed E-state index contributed by atoms with van der Waals surface area (Å²) in [6.45, 7) is 4.23. The number of likely N-dealkylation sites (tertiary alicyclic amines) is 1. The Morgan fingerprint density at radius 2 is 2.29 bits per heavy atom. The van der Waals surface area contributed by atoms with Crippen LogP contribution >= 0.6 is 11.3 Å². The minimum absolute atomic E-state index is 0.302. The Kier molecular flexibility index (Phi) is 6.28. The zero-order valence-corrected chi connectivity index (χ0v) is 13.5. The van der Waals surface area contributed by atoms with Gasteiger partial charge in [0.25, 0.3) is 0 Å². The molecule has 0 radical (unpaired) electrons. The van der Waals surface area contributed by atoms with E-state index in [1.54, 1.807) is 11.3 Å². The Morgan fingerprint density at radius 3 is 3.05 bits per heavy atom. The van der Waals surface area contributed by atoms with Crippen LogP contribution in [0.15, 0.2) is 12.1 Å². The fraction of sp³-hybridized carbons (Fsp3) is 0.588. The van der Waals surface area contributed by atoms with Gasteiger partial charge in [-0.1, -0.05) is 31.6 Å².